The van der Waals surface area contributed by atoms with Crippen molar-refractivity contribution in [2.24, 2.45) is 0 Å². The van der Waals surface area contributed by atoms with Gasteiger partial charge in [0.2, 0.25) is 5.91 Å². The van der Waals surface area contributed by atoms with E-state index in [0.717, 1.165) is 16.7 Å². The van der Waals surface area contributed by atoms with E-state index >= 15 is 0 Å². The van der Waals surface area contributed by atoms with Crippen LogP contribution in [0.5, 0.6) is 11.5 Å². The topological polar surface area (TPSA) is 90.7 Å². The maximum absolute atomic E-state index is 12.7. The van der Waals surface area contributed by atoms with E-state index in [1.165, 1.54) is 6.08 Å². The van der Waals surface area contributed by atoms with Crippen LogP contribution in [0.15, 0.2) is 46.3 Å². The van der Waals surface area contributed by atoms with Crippen molar-refractivity contribution in [2.75, 3.05) is 14.2 Å². The van der Waals surface area contributed by atoms with Crippen LogP contribution in [0.2, 0.25) is 0 Å². The summed E-state index contributed by atoms with van der Waals surface area (Å²) in [4.78, 5) is 28.3. The average molecular weight is 394 g/mol. The molecule has 0 aliphatic heterocycles. The summed E-state index contributed by atoms with van der Waals surface area (Å²) < 4.78 is 16.5. The van der Waals surface area contributed by atoms with Crippen LogP contribution in [0.1, 0.15) is 16.8 Å². The van der Waals surface area contributed by atoms with Gasteiger partial charge in [0.15, 0.2) is 0 Å². The molecule has 0 aliphatic rings. The fraction of sp³-hybridized carbons (Fsp3) is 0.227. The average Bonchev–Trinajstić information content (AvgIpc) is 2.72. The van der Waals surface area contributed by atoms with Crippen LogP contribution >= 0.6 is 0 Å². The molecule has 7 nitrogen and oxygen atoms in total. The van der Waals surface area contributed by atoms with Crippen molar-refractivity contribution in [3.05, 3.63) is 64.3 Å². The predicted molar refractivity (Wildman–Crippen MR) is 110 cm³/mol. The second kappa shape index (κ2) is 8.18. The number of aromatic nitrogens is 1. The van der Waals surface area contributed by atoms with E-state index in [9.17, 15) is 9.59 Å². The first-order valence-corrected chi connectivity index (χ1v) is 8.95. The molecule has 7 heteroatoms. The van der Waals surface area contributed by atoms with E-state index < -0.39 is 5.63 Å². The summed E-state index contributed by atoms with van der Waals surface area (Å²) in [5.74, 6) is 1.37. The number of ether oxygens (including phenoxy) is 2. The molecule has 1 N–H and O–H groups in total. The lowest BCUT2D eigenvalue weighted by Gasteiger charge is -2.16. The lowest BCUT2D eigenvalue weighted by atomic mass is 9.97. The smallest absolute Gasteiger partial charge is 0.344 e. The van der Waals surface area contributed by atoms with Crippen molar-refractivity contribution < 1.29 is 18.7 Å². The summed E-state index contributed by atoms with van der Waals surface area (Å²) in [6, 6.07) is 5.18. The van der Waals surface area contributed by atoms with Crippen molar-refractivity contribution in [2.45, 2.75) is 20.4 Å². The van der Waals surface area contributed by atoms with E-state index in [1.54, 1.807) is 38.6 Å². The van der Waals surface area contributed by atoms with Crippen LogP contribution in [-0.2, 0) is 11.3 Å². The Morgan fingerprint density at radius 3 is 2.41 bits per heavy atom. The highest BCUT2D eigenvalue weighted by molar-refractivity contribution is 5.87. The van der Waals surface area contributed by atoms with Gasteiger partial charge in [-0.2, -0.15) is 0 Å². The molecule has 0 spiro atoms. The zero-order valence-electron chi connectivity index (χ0n) is 16.8. The van der Waals surface area contributed by atoms with E-state index in [0.29, 0.717) is 33.7 Å². The highest BCUT2D eigenvalue weighted by Gasteiger charge is 2.19. The zero-order chi connectivity index (χ0) is 21.1. The first-order valence-electron chi connectivity index (χ1n) is 8.95. The van der Waals surface area contributed by atoms with E-state index in [4.69, 9.17) is 13.9 Å². The normalized spacial score (nSPS) is 10.6. The second-order valence-electron chi connectivity index (χ2n) is 6.49. The summed E-state index contributed by atoms with van der Waals surface area (Å²) in [5, 5.41) is 3.65. The Morgan fingerprint density at radius 1 is 1.17 bits per heavy atom. The Hall–Kier alpha value is -3.61. The molecule has 3 rings (SSSR count). The molecular formula is C22H22N2O5. The Kier molecular flexibility index (Phi) is 5.68. The van der Waals surface area contributed by atoms with Gasteiger partial charge in [0.1, 0.15) is 17.3 Å². The number of carbonyl (C=O) groups is 1. The molecular weight excluding hydrogens is 372 g/mol. The van der Waals surface area contributed by atoms with Gasteiger partial charge in [-0.25, -0.2) is 4.79 Å². The minimum Gasteiger partial charge on any atom is -0.496 e. The van der Waals surface area contributed by atoms with Crippen LogP contribution in [-0.4, -0.2) is 25.1 Å². The molecule has 0 radical (unpaired) electrons. The zero-order valence-corrected chi connectivity index (χ0v) is 16.8. The van der Waals surface area contributed by atoms with E-state index in [2.05, 4.69) is 16.9 Å². The Morgan fingerprint density at radius 2 is 1.83 bits per heavy atom. The summed E-state index contributed by atoms with van der Waals surface area (Å²) in [6.07, 6.45) is 2.77. The molecule has 0 bridgehead atoms. The fourth-order valence-corrected chi connectivity index (χ4v) is 3.25. The molecule has 150 valence electrons. The summed E-state index contributed by atoms with van der Waals surface area (Å²) >= 11 is 0. The summed E-state index contributed by atoms with van der Waals surface area (Å²) in [6.45, 7) is 7.38. The Labute approximate surface area is 168 Å². The van der Waals surface area contributed by atoms with Crippen LogP contribution in [0, 0.1) is 13.8 Å². The number of amides is 1. The number of hydrogen-bond acceptors (Lipinski definition) is 6. The summed E-state index contributed by atoms with van der Waals surface area (Å²) in [5.41, 5.74) is 2.47. The molecule has 0 atom stereocenters. The minimum absolute atomic E-state index is 0.188. The maximum atomic E-state index is 12.7. The van der Waals surface area contributed by atoms with Crippen LogP contribution in [0.25, 0.3) is 22.1 Å². The molecule has 0 fully saturated rings. The van der Waals surface area contributed by atoms with Gasteiger partial charge in [0.05, 0.1) is 31.8 Å². The third-order valence-electron chi connectivity index (χ3n) is 4.77. The lowest BCUT2D eigenvalue weighted by molar-refractivity contribution is -0.116. The number of pyridine rings is 1. The highest BCUT2D eigenvalue weighted by atomic mass is 16.5. The third kappa shape index (κ3) is 3.85. The van der Waals surface area contributed by atoms with Crippen molar-refractivity contribution >= 4 is 16.7 Å². The van der Waals surface area contributed by atoms with Crippen molar-refractivity contribution in [1.82, 2.24) is 10.3 Å². The minimum atomic E-state index is -0.489. The second-order valence-corrected chi connectivity index (χ2v) is 6.49. The molecule has 0 unspecified atom stereocenters. The van der Waals surface area contributed by atoms with Gasteiger partial charge in [-0.3, -0.25) is 9.78 Å². The number of nitrogens with zero attached hydrogens (tertiary/aromatic N) is 1. The Balaban J connectivity index is 2.12. The van der Waals surface area contributed by atoms with Gasteiger partial charge >= 0.3 is 5.63 Å². The number of nitrogens with one attached hydrogen (secondary N) is 1. The number of rotatable bonds is 6. The standard InChI is InChI=1S/C22H22N2O5/c1-6-20(25)24-11-15-8-16-14(10-23-15)7-19(29-22(16)26)21-12(2)17(27-4)9-18(28-5)13(21)3/h6-10H,1,11H2,2-5H3,(H,24,25). The monoisotopic (exact) mass is 394 g/mol. The van der Waals surface area contributed by atoms with Crippen molar-refractivity contribution in [3.63, 3.8) is 0 Å². The summed E-state index contributed by atoms with van der Waals surface area (Å²) in [7, 11) is 3.15. The molecule has 0 saturated carbocycles. The SMILES string of the molecule is C=CC(=O)NCc1cc2c(=O)oc(-c3c(C)c(OC)cc(OC)c3C)cc2cn1. The van der Waals surface area contributed by atoms with Crippen molar-refractivity contribution in [3.8, 4) is 22.8 Å². The maximum Gasteiger partial charge on any atom is 0.344 e. The third-order valence-corrected chi connectivity index (χ3v) is 4.77. The molecule has 3 aromatic rings. The molecule has 1 amide bonds. The number of hydrogen-bond donors (Lipinski definition) is 1. The predicted octanol–water partition coefficient (Wildman–Crippen LogP) is 3.29. The van der Waals surface area contributed by atoms with Gasteiger partial charge < -0.3 is 19.2 Å². The first-order chi connectivity index (χ1) is 13.9. The van der Waals surface area contributed by atoms with Crippen LogP contribution in [0.3, 0.4) is 0 Å². The molecule has 2 aromatic heterocycles. The van der Waals surface area contributed by atoms with Gasteiger partial charge in [0.25, 0.3) is 0 Å². The Bertz CT molecular complexity index is 1140. The van der Waals surface area contributed by atoms with Gasteiger partial charge in [-0.1, -0.05) is 6.58 Å². The van der Waals surface area contributed by atoms with Gasteiger partial charge in [0, 0.05) is 34.3 Å². The number of carbonyl (C=O) groups excluding carboxylic acids is 1. The van der Waals surface area contributed by atoms with Gasteiger partial charge in [-0.05, 0) is 32.1 Å². The largest absolute Gasteiger partial charge is 0.496 e. The highest BCUT2D eigenvalue weighted by Crippen LogP contribution is 2.39. The molecule has 29 heavy (non-hydrogen) atoms. The molecule has 1 aromatic carbocycles. The quantitative estimate of drug-likeness (QED) is 0.645. The molecule has 2 heterocycles. The van der Waals surface area contributed by atoms with Gasteiger partial charge in [-0.15, -0.1) is 0 Å². The van der Waals surface area contributed by atoms with Crippen LogP contribution < -0.4 is 20.4 Å². The molecule has 0 aliphatic carbocycles. The number of benzene rings is 1. The van der Waals surface area contributed by atoms with E-state index in [-0.39, 0.29) is 12.5 Å². The van der Waals surface area contributed by atoms with E-state index in [1.807, 2.05) is 13.8 Å². The lowest BCUT2D eigenvalue weighted by Crippen LogP contribution is -2.20. The number of methoxy groups -OCH3 is 2. The fourth-order valence-electron chi connectivity index (χ4n) is 3.25. The number of fused-ring (bicyclic) bond motifs is 1. The van der Waals surface area contributed by atoms with Crippen molar-refractivity contribution in [1.29, 1.82) is 0 Å². The van der Waals surface area contributed by atoms with Crippen LogP contribution in [0.4, 0.5) is 0 Å². The molecule has 0 saturated heterocycles. The first kappa shape index (κ1) is 20.1.